The molecule has 0 bridgehead atoms. The van der Waals surface area contributed by atoms with Crippen molar-refractivity contribution in [3.63, 3.8) is 0 Å². The summed E-state index contributed by atoms with van der Waals surface area (Å²) in [5, 5.41) is 3.43. The highest BCUT2D eigenvalue weighted by Crippen LogP contribution is 2.20. The van der Waals surface area contributed by atoms with Crippen LogP contribution in [0.3, 0.4) is 0 Å². The summed E-state index contributed by atoms with van der Waals surface area (Å²) in [4.78, 5) is 0. The van der Waals surface area contributed by atoms with Gasteiger partial charge >= 0.3 is 0 Å². The highest BCUT2D eigenvalue weighted by Gasteiger charge is 1.96. The minimum Gasteiger partial charge on any atom is -0.385 e. The molecule has 1 nitrogen and oxygen atoms in total. The lowest BCUT2D eigenvalue weighted by molar-refractivity contribution is 0.991. The van der Waals surface area contributed by atoms with Gasteiger partial charge in [0.05, 0.1) is 0 Å². The summed E-state index contributed by atoms with van der Waals surface area (Å²) < 4.78 is 1.18. The van der Waals surface area contributed by atoms with E-state index in [-0.39, 0.29) is 0 Å². The van der Waals surface area contributed by atoms with Crippen LogP contribution in [0.2, 0.25) is 0 Å². The van der Waals surface area contributed by atoms with Crippen molar-refractivity contribution in [2.24, 2.45) is 0 Å². The normalized spacial score (nSPS) is 10.3. The predicted molar refractivity (Wildman–Crippen MR) is 75.0 cm³/mol. The largest absolute Gasteiger partial charge is 0.385 e. The first-order valence-electron chi connectivity index (χ1n) is 5.32. The van der Waals surface area contributed by atoms with Crippen LogP contribution in [0.25, 0.3) is 0 Å². The number of anilines is 1. The Labute approximate surface area is 105 Å². The van der Waals surface area contributed by atoms with Crippen LogP contribution in [0, 0.1) is 6.92 Å². The molecule has 0 heterocycles. The minimum absolute atomic E-state index is 1.06. The lowest BCUT2D eigenvalue weighted by atomic mass is 10.2. The SMILES string of the molecule is CCSCCCNc1ccc(C)c(Br)c1. The minimum atomic E-state index is 1.06. The van der Waals surface area contributed by atoms with E-state index in [4.69, 9.17) is 0 Å². The van der Waals surface area contributed by atoms with Crippen LogP contribution in [0.1, 0.15) is 18.9 Å². The van der Waals surface area contributed by atoms with Crippen LogP contribution < -0.4 is 5.32 Å². The molecule has 0 unspecified atom stereocenters. The molecule has 0 aliphatic carbocycles. The number of benzene rings is 1. The lowest BCUT2D eigenvalue weighted by Gasteiger charge is -2.07. The summed E-state index contributed by atoms with van der Waals surface area (Å²) in [5.74, 6) is 2.46. The monoisotopic (exact) mass is 287 g/mol. The quantitative estimate of drug-likeness (QED) is 0.783. The standard InChI is InChI=1S/C12H18BrNS/c1-3-15-8-4-7-14-11-6-5-10(2)12(13)9-11/h5-6,9,14H,3-4,7-8H2,1-2H3. The number of aryl methyl sites for hydroxylation is 1. The number of thioether (sulfide) groups is 1. The smallest absolute Gasteiger partial charge is 0.0351 e. The van der Waals surface area contributed by atoms with Gasteiger partial charge in [0.25, 0.3) is 0 Å². The van der Waals surface area contributed by atoms with Gasteiger partial charge in [-0.15, -0.1) is 0 Å². The van der Waals surface area contributed by atoms with Crippen molar-refractivity contribution in [3.8, 4) is 0 Å². The molecule has 0 spiro atoms. The molecule has 3 heteroatoms. The summed E-state index contributed by atoms with van der Waals surface area (Å²) in [6.45, 7) is 5.36. The van der Waals surface area contributed by atoms with Crippen LogP contribution in [0.5, 0.6) is 0 Å². The second-order valence-electron chi connectivity index (χ2n) is 3.44. The van der Waals surface area contributed by atoms with Gasteiger partial charge in [0.2, 0.25) is 0 Å². The van der Waals surface area contributed by atoms with Gasteiger partial charge in [-0.3, -0.25) is 0 Å². The molecule has 0 aromatic heterocycles. The average molecular weight is 288 g/mol. The Morgan fingerprint density at radius 1 is 1.40 bits per heavy atom. The van der Waals surface area contributed by atoms with Gasteiger partial charge in [-0.2, -0.15) is 11.8 Å². The third kappa shape index (κ3) is 4.94. The van der Waals surface area contributed by atoms with E-state index in [1.165, 1.54) is 33.7 Å². The number of hydrogen-bond acceptors (Lipinski definition) is 2. The van der Waals surface area contributed by atoms with Crippen molar-refractivity contribution < 1.29 is 0 Å². The highest BCUT2D eigenvalue weighted by molar-refractivity contribution is 9.10. The molecule has 1 rings (SSSR count). The zero-order valence-corrected chi connectivity index (χ0v) is 11.7. The van der Waals surface area contributed by atoms with Gasteiger partial charge in [0, 0.05) is 16.7 Å². The number of hydrogen-bond donors (Lipinski definition) is 1. The summed E-state index contributed by atoms with van der Waals surface area (Å²) in [6, 6.07) is 6.41. The van der Waals surface area contributed by atoms with Crippen molar-refractivity contribution in [1.29, 1.82) is 0 Å². The Morgan fingerprint density at radius 3 is 2.87 bits per heavy atom. The molecule has 0 atom stereocenters. The molecule has 0 aliphatic heterocycles. The van der Waals surface area contributed by atoms with Crippen molar-refractivity contribution >= 4 is 33.4 Å². The molecule has 15 heavy (non-hydrogen) atoms. The predicted octanol–water partition coefficient (Wildman–Crippen LogP) is 4.31. The number of halogens is 1. The Bertz CT molecular complexity index is 302. The molecule has 0 saturated heterocycles. The van der Waals surface area contributed by atoms with Crippen LogP contribution in [-0.4, -0.2) is 18.1 Å². The van der Waals surface area contributed by atoms with E-state index in [2.05, 4.69) is 53.3 Å². The summed E-state index contributed by atoms with van der Waals surface area (Å²) in [7, 11) is 0. The molecule has 0 aliphatic rings. The molecule has 1 aromatic rings. The fourth-order valence-corrected chi connectivity index (χ4v) is 2.27. The van der Waals surface area contributed by atoms with Gasteiger partial charge in [-0.25, -0.2) is 0 Å². The molecule has 1 aromatic carbocycles. The highest BCUT2D eigenvalue weighted by atomic mass is 79.9. The molecule has 84 valence electrons. The van der Waals surface area contributed by atoms with Crippen LogP contribution in [-0.2, 0) is 0 Å². The zero-order chi connectivity index (χ0) is 11.1. The van der Waals surface area contributed by atoms with Gasteiger partial charge < -0.3 is 5.32 Å². The number of nitrogens with one attached hydrogen (secondary N) is 1. The van der Waals surface area contributed by atoms with Gasteiger partial charge in [0.15, 0.2) is 0 Å². The first-order valence-corrected chi connectivity index (χ1v) is 7.26. The molecular formula is C12H18BrNS. The fourth-order valence-electron chi connectivity index (χ4n) is 1.25. The summed E-state index contributed by atoms with van der Waals surface area (Å²) in [5.41, 5.74) is 2.48. The van der Waals surface area contributed by atoms with E-state index in [0.717, 1.165) is 6.54 Å². The third-order valence-corrected chi connectivity index (χ3v) is 4.01. The fraction of sp³-hybridized carbons (Fsp3) is 0.500. The lowest BCUT2D eigenvalue weighted by Crippen LogP contribution is -2.02. The van der Waals surface area contributed by atoms with Crippen molar-refractivity contribution in [1.82, 2.24) is 0 Å². The van der Waals surface area contributed by atoms with E-state index in [1.807, 2.05) is 11.8 Å². The maximum Gasteiger partial charge on any atom is 0.0351 e. The van der Waals surface area contributed by atoms with Crippen molar-refractivity contribution in [3.05, 3.63) is 28.2 Å². The zero-order valence-electron chi connectivity index (χ0n) is 9.35. The average Bonchev–Trinajstić information content (AvgIpc) is 2.23. The first-order chi connectivity index (χ1) is 7.24. The first kappa shape index (κ1) is 12.9. The van der Waals surface area contributed by atoms with Crippen molar-refractivity contribution in [2.75, 3.05) is 23.4 Å². The van der Waals surface area contributed by atoms with Crippen LogP contribution in [0.4, 0.5) is 5.69 Å². The van der Waals surface area contributed by atoms with Gasteiger partial charge in [0.1, 0.15) is 0 Å². The van der Waals surface area contributed by atoms with Crippen molar-refractivity contribution in [2.45, 2.75) is 20.3 Å². The third-order valence-electron chi connectivity index (χ3n) is 2.17. The van der Waals surface area contributed by atoms with Crippen LogP contribution >= 0.6 is 27.7 Å². The Morgan fingerprint density at radius 2 is 2.20 bits per heavy atom. The molecule has 1 N–H and O–H groups in total. The summed E-state index contributed by atoms with van der Waals surface area (Å²) in [6.07, 6.45) is 1.23. The number of rotatable bonds is 6. The molecular weight excluding hydrogens is 270 g/mol. The molecule has 0 radical (unpaired) electrons. The summed E-state index contributed by atoms with van der Waals surface area (Å²) >= 11 is 5.54. The molecule has 0 fully saturated rings. The van der Waals surface area contributed by atoms with E-state index in [9.17, 15) is 0 Å². The van der Waals surface area contributed by atoms with Gasteiger partial charge in [-0.05, 0) is 42.5 Å². The Hall–Kier alpha value is -0.150. The Balaban J connectivity index is 2.28. The van der Waals surface area contributed by atoms with E-state index >= 15 is 0 Å². The van der Waals surface area contributed by atoms with Gasteiger partial charge in [-0.1, -0.05) is 28.9 Å². The Kier molecular flexibility index (Phi) is 6.18. The second-order valence-corrected chi connectivity index (χ2v) is 5.69. The maximum atomic E-state index is 3.54. The molecule has 0 amide bonds. The molecule has 0 saturated carbocycles. The topological polar surface area (TPSA) is 12.0 Å². The van der Waals surface area contributed by atoms with E-state index in [0.29, 0.717) is 0 Å². The second kappa shape index (κ2) is 7.18. The van der Waals surface area contributed by atoms with E-state index < -0.39 is 0 Å². The maximum absolute atomic E-state index is 3.54. The van der Waals surface area contributed by atoms with E-state index in [1.54, 1.807) is 0 Å². The van der Waals surface area contributed by atoms with Crippen LogP contribution in [0.15, 0.2) is 22.7 Å².